The van der Waals surface area contributed by atoms with Gasteiger partial charge in [0.25, 0.3) is 5.91 Å². The lowest BCUT2D eigenvalue weighted by Gasteiger charge is -2.40. The van der Waals surface area contributed by atoms with Gasteiger partial charge in [-0.3, -0.25) is 19.4 Å². The quantitative estimate of drug-likeness (QED) is 0.678. The molecular weight excluding hydrogens is 371 g/mol. The van der Waals surface area contributed by atoms with E-state index >= 15 is 0 Å². The summed E-state index contributed by atoms with van der Waals surface area (Å²) in [6, 6.07) is 20.9. The molecule has 29 heavy (non-hydrogen) atoms. The van der Waals surface area contributed by atoms with Crippen molar-refractivity contribution in [3.8, 4) is 5.75 Å². The number of nitrogens with zero attached hydrogens (tertiary/aromatic N) is 2. The minimum atomic E-state index is -0.987. The molecule has 2 amide bonds. The van der Waals surface area contributed by atoms with Gasteiger partial charge in [0.15, 0.2) is 0 Å². The molecular formula is C23H19FN2O3. The van der Waals surface area contributed by atoms with Gasteiger partial charge >= 0.3 is 0 Å². The topological polar surface area (TPSA) is 49.9 Å². The van der Waals surface area contributed by atoms with Crippen LogP contribution in [0.15, 0.2) is 78.9 Å². The first-order chi connectivity index (χ1) is 14.1. The fourth-order valence-corrected chi connectivity index (χ4v) is 3.60. The maximum atomic E-state index is 14.6. The first kappa shape index (κ1) is 18.7. The van der Waals surface area contributed by atoms with Gasteiger partial charge in [-0.1, -0.05) is 54.6 Å². The maximum absolute atomic E-state index is 14.6. The number of para-hydroxylation sites is 3. The highest BCUT2D eigenvalue weighted by Crippen LogP contribution is 2.38. The summed E-state index contributed by atoms with van der Waals surface area (Å²) < 4.78 is 19.9. The van der Waals surface area contributed by atoms with Gasteiger partial charge in [-0.2, -0.15) is 0 Å². The lowest BCUT2D eigenvalue weighted by atomic mass is 9.99. The van der Waals surface area contributed by atoms with Crippen LogP contribution in [0.4, 0.5) is 15.8 Å². The molecule has 5 nitrogen and oxygen atoms in total. The van der Waals surface area contributed by atoms with E-state index in [1.54, 1.807) is 60.7 Å². The van der Waals surface area contributed by atoms with Gasteiger partial charge < -0.3 is 4.74 Å². The van der Waals surface area contributed by atoms with Crippen molar-refractivity contribution in [2.75, 3.05) is 23.5 Å². The number of carbonyl (C=O) groups is 2. The Morgan fingerprint density at radius 2 is 1.48 bits per heavy atom. The van der Waals surface area contributed by atoms with Crippen molar-refractivity contribution in [2.24, 2.45) is 0 Å². The number of anilines is 2. The number of amides is 2. The highest BCUT2D eigenvalue weighted by molar-refractivity contribution is 6.15. The zero-order valence-corrected chi connectivity index (χ0v) is 15.8. The van der Waals surface area contributed by atoms with E-state index in [4.69, 9.17) is 4.74 Å². The summed E-state index contributed by atoms with van der Waals surface area (Å²) in [7, 11) is 1.51. The van der Waals surface area contributed by atoms with Crippen LogP contribution in [-0.4, -0.2) is 25.5 Å². The van der Waals surface area contributed by atoms with E-state index in [0.29, 0.717) is 17.0 Å². The molecule has 0 bridgehead atoms. The average Bonchev–Trinajstić information content (AvgIpc) is 2.76. The Hall–Kier alpha value is -3.67. The number of halogens is 1. The van der Waals surface area contributed by atoms with Crippen molar-refractivity contribution in [3.05, 3.63) is 90.2 Å². The molecule has 0 N–H and O–H groups in total. The minimum Gasteiger partial charge on any atom is -0.495 e. The fraction of sp³-hybridized carbons (Fsp3) is 0.130. The molecule has 1 atom stereocenters. The third-order valence-corrected chi connectivity index (χ3v) is 4.92. The van der Waals surface area contributed by atoms with E-state index in [2.05, 4.69) is 0 Å². The number of hydrogen-bond donors (Lipinski definition) is 0. The highest BCUT2D eigenvalue weighted by Gasteiger charge is 2.43. The van der Waals surface area contributed by atoms with Crippen molar-refractivity contribution in [1.29, 1.82) is 0 Å². The van der Waals surface area contributed by atoms with E-state index in [0.717, 1.165) is 0 Å². The second kappa shape index (κ2) is 7.75. The number of methoxy groups -OCH3 is 1. The number of piperazine rings is 1. The average molecular weight is 390 g/mol. The number of carbonyl (C=O) groups excluding carboxylic acids is 2. The molecule has 1 aliphatic rings. The third-order valence-electron chi connectivity index (χ3n) is 4.92. The van der Waals surface area contributed by atoms with E-state index in [-0.39, 0.29) is 24.0 Å². The molecule has 0 aromatic heterocycles. The summed E-state index contributed by atoms with van der Waals surface area (Å²) in [5, 5.41) is 0. The zero-order chi connectivity index (χ0) is 20.4. The second-order valence-electron chi connectivity index (χ2n) is 6.62. The third kappa shape index (κ3) is 3.33. The predicted octanol–water partition coefficient (Wildman–Crippen LogP) is 3.96. The lowest BCUT2D eigenvalue weighted by molar-refractivity contribution is -0.128. The van der Waals surface area contributed by atoms with Crippen molar-refractivity contribution in [3.63, 3.8) is 0 Å². The van der Waals surface area contributed by atoms with E-state index < -0.39 is 11.9 Å². The summed E-state index contributed by atoms with van der Waals surface area (Å²) in [5.41, 5.74) is 1.19. The fourth-order valence-electron chi connectivity index (χ4n) is 3.60. The normalized spacial score (nSPS) is 16.8. The molecule has 4 rings (SSSR count). The number of hydrogen-bond acceptors (Lipinski definition) is 3. The zero-order valence-electron chi connectivity index (χ0n) is 15.8. The lowest BCUT2D eigenvalue weighted by Crippen LogP contribution is -2.56. The summed E-state index contributed by atoms with van der Waals surface area (Å²) in [5.74, 6) is -0.780. The van der Waals surface area contributed by atoms with Crippen LogP contribution >= 0.6 is 0 Å². The Labute approximate surface area is 167 Å². The Kier molecular flexibility index (Phi) is 4.99. The predicted molar refractivity (Wildman–Crippen MR) is 108 cm³/mol. The Morgan fingerprint density at radius 1 is 0.862 bits per heavy atom. The first-order valence-corrected chi connectivity index (χ1v) is 9.17. The van der Waals surface area contributed by atoms with Crippen LogP contribution in [0.3, 0.4) is 0 Å². The summed E-state index contributed by atoms with van der Waals surface area (Å²) in [6.45, 7) is -0.211. The van der Waals surface area contributed by atoms with Gasteiger partial charge in [0.1, 0.15) is 24.2 Å². The summed E-state index contributed by atoms with van der Waals surface area (Å²) in [4.78, 5) is 29.4. The standard InChI is InChI=1S/C23H19FN2O3/c1-29-20-14-8-7-13-19(20)25-15-21(27)26(18-12-6-5-11-17(18)24)22(23(25)28)16-9-3-2-4-10-16/h2-14,22H,15H2,1H3/t22-/m1/s1. The highest BCUT2D eigenvalue weighted by atomic mass is 19.1. The van der Waals surface area contributed by atoms with Crippen molar-refractivity contribution in [2.45, 2.75) is 6.04 Å². The van der Waals surface area contributed by atoms with Gasteiger partial charge in [-0.05, 0) is 29.8 Å². The van der Waals surface area contributed by atoms with Crippen LogP contribution in [-0.2, 0) is 9.59 Å². The molecule has 1 heterocycles. The maximum Gasteiger partial charge on any atom is 0.255 e. The van der Waals surface area contributed by atoms with Crippen LogP contribution in [0.25, 0.3) is 0 Å². The molecule has 0 radical (unpaired) electrons. The SMILES string of the molecule is COc1ccccc1N1CC(=O)N(c2ccccc2F)[C@H](c2ccccc2)C1=O. The van der Waals surface area contributed by atoms with E-state index in [9.17, 15) is 14.0 Å². The van der Waals surface area contributed by atoms with E-state index in [1.807, 2.05) is 6.07 Å². The molecule has 0 aliphatic carbocycles. The van der Waals surface area contributed by atoms with Gasteiger partial charge in [0, 0.05) is 0 Å². The van der Waals surface area contributed by atoms with Gasteiger partial charge in [0.2, 0.25) is 5.91 Å². The smallest absolute Gasteiger partial charge is 0.255 e. The van der Waals surface area contributed by atoms with Crippen LogP contribution in [0.5, 0.6) is 5.75 Å². The van der Waals surface area contributed by atoms with Gasteiger partial charge in [0.05, 0.1) is 18.5 Å². The first-order valence-electron chi connectivity index (χ1n) is 9.17. The molecule has 0 unspecified atom stereocenters. The van der Waals surface area contributed by atoms with Crippen LogP contribution in [0.1, 0.15) is 11.6 Å². The second-order valence-corrected chi connectivity index (χ2v) is 6.62. The van der Waals surface area contributed by atoms with E-state index in [1.165, 1.54) is 29.0 Å². The minimum absolute atomic E-state index is 0.0828. The monoisotopic (exact) mass is 390 g/mol. The molecule has 0 saturated carbocycles. The molecule has 6 heteroatoms. The molecule has 3 aromatic carbocycles. The number of benzene rings is 3. The van der Waals surface area contributed by atoms with Crippen LogP contribution in [0, 0.1) is 5.82 Å². The number of ether oxygens (including phenoxy) is 1. The molecule has 0 spiro atoms. The number of rotatable bonds is 4. The Bertz CT molecular complexity index is 1050. The van der Waals surface area contributed by atoms with Gasteiger partial charge in [-0.25, -0.2) is 4.39 Å². The molecule has 1 fully saturated rings. The molecule has 1 aliphatic heterocycles. The van der Waals surface area contributed by atoms with Crippen molar-refractivity contribution >= 4 is 23.2 Å². The summed E-state index contributed by atoms with van der Waals surface area (Å²) >= 11 is 0. The Morgan fingerprint density at radius 3 is 2.17 bits per heavy atom. The van der Waals surface area contributed by atoms with Gasteiger partial charge in [-0.15, -0.1) is 0 Å². The molecule has 1 saturated heterocycles. The Balaban J connectivity index is 1.85. The van der Waals surface area contributed by atoms with Crippen molar-refractivity contribution in [1.82, 2.24) is 0 Å². The molecule has 146 valence electrons. The van der Waals surface area contributed by atoms with Crippen LogP contribution < -0.4 is 14.5 Å². The largest absolute Gasteiger partial charge is 0.495 e. The van der Waals surface area contributed by atoms with Crippen LogP contribution in [0.2, 0.25) is 0 Å². The van der Waals surface area contributed by atoms with Crippen molar-refractivity contribution < 1.29 is 18.7 Å². The summed E-state index contributed by atoms with van der Waals surface area (Å²) in [6.07, 6.45) is 0. The molecule has 3 aromatic rings.